The lowest BCUT2D eigenvalue weighted by atomic mass is 9.72. The molecule has 0 saturated carbocycles. The van der Waals surface area contributed by atoms with E-state index in [4.69, 9.17) is 11.6 Å². The summed E-state index contributed by atoms with van der Waals surface area (Å²) in [4.78, 5) is 0. The van der Waals surface area contributed by atoms with Gasteiger partial charge < -0.3 is 5.32 Å². The molecule has 1 aliphatic rings. The van der Waals surface area contributed by atoms with Crippen molar-refractivity contribution in [1.82, 2.24) is 5.32 Å². The molecular weight excluding hydrogens is 254 g/mol. The first-order chi connectivity index (χ1) is 9.20. The van der Waals surface area contributed by atoms with Crippen LogP contribution in [0.25, 0.3) is 0 Å². The summed E-state index contributed by atoms with van der Waals surface area (Å²) < 4.78 is 0. The van der Waals surface area contributed by atoms with Crippen LogP contribution in [-0.2, 0) is 6.42 Å². The number of likely N-dealkylation sites (N-methyl/N-ethyl adjacent to an activating group) is 1. The molecule has 2 aromatic carbocycles. The van der Waals surface area contributed by atoms with E-state index in [2.05, 4.69) is 47.8 Å². The Bertz CT molecular complexity index is 606. The van der Waals surface area contributed by atoms with Crippen LogP contribution in [0.3, 0.4) is 0 Å². The van der Waals surface area contributed by atoms with Crippen LogP contribution >= 0.6 is 11.6 Å². The number of benzene rings is 2. The van der Waals surface area contributed by atoms with Gasteiger partial charge in [-0.15, -0.1) is 0 Å². The second-order valence-corrected chi connectivity index (χ2v) is 5.69. The van der Waals surface area contributed by atoms with E-state index >= 15 is 0 Å². The summed E-state index contributed by atoms with van der Waals surface area (Å²) >= 11 is 6.25. The third kappa shape index (κ3) is 2.18. The van der Waals surface area contributed by atoms with Crippen molar-refractivity contribution >= 4 is 11.6 Å². The zero-order valence-electron chi connectivity index (χ0n) is 11.3. The Morgan fingerprint density at radius 1 is 1.21 bits per heavy atom. The first-order valence-corrected chi connectivity index (χ1v) is 7.09. The van der Waals surface area contributed by atoms with Crippen LogP contribution in [0.1, 0.15) is 34.2 Å². The van der Waals surface area contributed by atoms with Crippen LogP contribution in [0.5, 0.6) is 0 Å². The van der Waals surface area contributed by atoms with Crippen LogP contribution < -0.4 is 5.32 Å². The maximum absolute atomic E-state index is 6.25. The lowest BCUT2D eigenvalue weighted by Gasteiger charge is -2.37. The molecule has 0 bridgehead atoms. The summed E-state index contributed by atoms with van der Waals surface area (Å²) in [5.74, 6) is 0.556. The Morgan fingerprint density at radius 2 is 2.00 bits per heavy atom. The number of hydrogen-bond donors (Lipinski definition) is 1. The quantitative estimate of drug-likeness (QED) is 0.880. The summed E-state index contributed by atoms with van der Waals surface area (Å²) in [7, 11) is 2.03. The average Bonchev–Trinajstić information content (AvgIpc) is 2.39. The molecule has 2 atom stereocenters. The van der Waals surface area contributed by atoms with Gasteiger partial charge in [-0.1, -0.05) is 48.0 Å². The highest BCUT2D eigenvalue weighted by atomic mass is 35.5. The minimum Gasteiger partial charge on any atom is -0.312 e. The predicted molar refractivity (Wildman–Crippen MR) is 80.9 cm³/mol. The van der Waals surface area contributed by atoms with E-state index in [1.165, 1.54) is 16.7 Å². The molecular formula is C17H18ClN. The molecule has 0 radical (unpaired) electrons. The minimum atomic E-state index is 0.341. The number of rotatable bonds is 3. The van der Waals surface area contributed by atoms with Crippen molar-refractivity contribution in [1.29, 1.82) is 0 Å². The van der Waals surface area contributed by atoms with Crippen LogP contribution in [0, 0.1) is 6.92 Å². The standard InChI is InChI=1S/C17H18ClN/c1-11-7-8-13(10-16(11)18)17(19-2)15-9-12-5-3-4-6-14(12)15/h3-8,10,15,17,19H,9H2,1-2H3. The smallest absolute Gasteiger partial charge is 0.0438 e. The fourth-order valence-electron chi connectivity index (χ4n) is 3.00. The Hall–Kier alpha value is -1.31. The van der Waals surface area contributed by atoms with Crippen molar-refractivity contribution in [2.75, 3.05) is 7.05 Å². The van der Waals surface area contributed by atoms with Gasteiger partial charge in [0.15, 0.2) is 0 Å². The highest BCUT2D eigenvalue weighted by Gasteiger charge is 2.32. The maximum atomic E-state index is 6.25. The minimum absolute atomic E-state index is 0.341. The zero-order valence-corrected chi connectivity index (χ0v) is 12.0. The highest BCUT2D eigenvalue weighted by Crippen LogP contribution is 2.43. The van der Waals surface area contributed by atoms with E-state index in [-0.39, 0.29) is 0 Å². The Labute approximate surface area is 119 Å². The molecule has 3 rings (SSSR count). The average molecular weight is 272 g/mol. The molecule has 0 spiro atoms. The van der Waals surface area contributed by atoms with Gasteiger partial charge in [0.1, 0.15) is 0 Å². The van der Waals surface area contributed by atoms with Crippen molar-refractivity contribution in [3.63, 3.8) is 0 Å². The molecule has 0 saturated heterocycles. The van der Waals surface area contributed by atoms with E-state index in [9.17, 15) is 0 Å². The van der Waals surface area contributed by atoms with Crippen LogP contribution in [0.15, 0.2) is 42.5 Å². The van der Waals surface area contributed by atoms with E-state index < -0.39 is 0 Å². The van der Waals surface area contributed by atoms with Crippen LogP contribution in [-0.4, -0.2) is 7.05 Å². The molecule has 0 fully saturated rings. The molecule has 0 aromatic heterocycles. The molecule has 1 N–H and O–H groups in total. The maximum Gasteiger partial charge on any atom is 0.0438 e. The van der Waals surface area contributed by atoms with Gasteiger partial charge in [0.2, 0.25) is 0 Å². The molecule has 1 aliphatic carbocycles. The van der Waals surface area contributed by atoms with E-state index in [0.29, 0.717) is 12.0 Å². The molecule has 0 aliphatic heterocycles. The number of hydrogen-bond acceptors (Lipinski definition) is 1. The number of nitrogens with one attached hydrogen (secondary N) is 1. The molecule has 2 heteroatoms. The monoisotopic (exact) mass is 271 g/mol. The van der Waals surface area contributed by atoms with Gasteiger partial charge in [0.05, 0.1) is 0 Å². The third-order valence-corrected chi connectivity index (χ3v) is 4.57. The van der Waals surface area contributed by atoms with Crippen molar-refractivity contribution in [2.45, 2.75) is 25.3 Å². The number of halogens is 1. The first kappa shape index (κ1) is 12.7. The Morgan fingerprint density at radius 3 is 2.68 bits per heavy atom. The summed E-state index contributed by atoms with van der Waals surface area (Å²) in [6, 6.07) is 15.4. The number of aryl methyl sites for hydroxylation is 1. The second-order valence-electron chi connectivity index (χ2n) is 5.28. The zero-order chi connectivity index (χ0) is 13.4. The fourth-order valence-corrected chi connectivity index (χ4v) is 3.19. The second kappa shape index (κ2) is 4.99. The molecule has 19 heavy (non-hydrogen) atoms. The van der Waals surface area contributed by atoms with E-state index in [1.807, 2.05) is 14.0 Å². The molecule has 0 heterocycles. The molecule has 2 unspecified atom stereocenters. The van der Waals surface area contributed by atoms with Gasteiger partial charge in [-0.25, -0.2) is 0 Å². The first-order valence-electron chi connectivity index (χ1n) is 6.72. The fraction of sp³-hybridized carbons (Fsp3) is 0.294. The van der Waals surface area contributed by atoms with Gasteiger partial charge in [0.25, 0.3) is 0 Å². The third-order valence-electron chi connectivity index (χ3n) is 4.16. The summed E-state index contributed by atoms with van der Waals surface area (Å²) in [6.45, 7) is 2.04. The molecule has 2 aromatic rings. The largest absolute Gasteiger partial charge is 0.312 e. The van der Waals surface area contributed by atoms with Gasteiger partial charge in [0, 0.05) is 17.0 Å². The topological polar surface area (TPSA) is 12.0 Å². The summed E-state index contributed by atoms with van der Waals surface area (Å²) in [5.41, 5.74) is 5.36. The number of fused-ring (bicyclic) bond motifs is 1. The molecule has 1 nitrogen and oxygen atoms in total. The van der Waals surface area contributed by atoms with Gasteiger partial charge in [-0.2, -0.15) is 0 Å². The van der Waals surface area contributed by atoms with E-state index in [1.54, 1.807) is 0 Å². The Balaban J connectivity index is 1.92. The Kier molecular flexibility index (Phi) is 3.34. The predicted octanol–water partition coefficient (Wildman–Crippen LogP) is 4.25. The lowest BCUT2D eigenvalue weighted by molar-refractivity contribution is 0.439. The SMILES string of the molecule is CNC(c1ccc(C)c(Cl)c1)C1Cc2ccccc21. The van der Waals surface area contributed by atoms with E-state index in [0.717, 1.165) is 17.0 Å². The van der Waals surface area contributed by atoms with Crippen molar-refractivity contribution in [3.8, 4) is 0 Å². The molecule has 0 amide bonds. The summed E-state index contributed by atoms with van der Waals surface area (Å²) in [5, 5.41) is 4.30. The van der Waals surface area contributed by atoms with Crippen LogP contribution in [0.4, 0.5) is 0 Å². The van der Waals surface area contributed by atoms with Crippen molar-refractivity contribution in [2.24, 2.45) is 0 Å². The van der Waals surface area contributed by atoms with Gasteiger partial charge in [-0.3, -0.25) is 0 Å². The lowest BCUT2D eigenvalue weighted by Crippen LogP contribution is -2.31. The van der Waals surface area contributed by atoms with Crippen molar-refractivity contribution < 1.29 is 0 Å². The van der Waals surface area contributed by atoms with Gasteiger partial charge >= 0.3 is 0 Å². The molecule has 98 valence electrons. The summed E-state index contributed by atoms with van der Waals surface area (Å²) in [6.07, 6.45) is 1.15. The normalized spacial score (nSPS) is 18.6. The van der Waals surface area contributed by atoms with Crippen LogP contribution in [0.2, 0.25) is 5.02 Å². The van der Waals surface area contributed by atoms with Crippen molar-refractivity contribution in [3.05, 3.63) is 69.7 Å². The highest BCUT2D eigenvalue weighted by molar-refractivity contribution is 6.31. The van der Waals surface area contributed by atoms with Gasteiger partial charge in [-0.05, 0) is 48.7 Å².